The van der Waals surface area contributed by atoms with Crippen LogP contribution in [-0.2, 0) is 10.0 Å². The van der Waals surface area contributed by atoms with Gasteiger partial charge < -0.3 is 0 Å². The van der Waals surface area contributed by atoms with Crippen molar-refractivity contribution in [3.63, 3.8) is 0 Å². The van der Waals surface area contributed by atoms with Gasteiger partial charge in [-0.25, -0.2) is 12.8 Å². The van der Waals surface area contributed by atoms with Gasteiger partial charge in [0.2, 0.25) is 0 Å². The van der Waals surface area contributed by atoms with Crippen molar-refractivity contribution in [2.24, 2.45) is 0 Å². The average molecular weight is 290 g/mol. The molecule has 0 saturated carbocycles. The highest BCUT2D eigenvalue weighted by Gasteiger charge is 2.15. The van der Waals surface area contributed by atoms with Gasteiger partial charge in [0.05, 0.1) is 22.2 Å². The lowest BCUT2D eigenvalue weighted by atomic mass is 10.2. The topological polar surface area (TPSA) is 70.0 Å². The maximum atomic E-state index is 13.0. The summed E-state index contributed by atoms with van der Waals surface area (Å²) in [4.78, 5) is -0.0136. The summed E-state index contributed by atoms with van der Waals surface area (Å²) >= 11 is 0. The van der Waals surface area contributed by atoms with Gasteiger partial charge >= 0.3 is 0 Å². The summed E-state index contributed by atoms with van der Waals surface area (Å²) in [6.45, 7) is 1.60. The van der Waals surface area contributed by atoms with Crippen molar-refractivity contribution < 1.29 is 12.8 Å². The molecular weight excluding hydrogens is 279 g/mol. The highest BCUT2D eigenvalue weighted by molar-refractivity contribution is 7.92. The zero-order valence-corrected chi connectivity index (χ0v) is 11.4. The molecule has 20 heavy (non-hydrogen) atoms. The summed E-state index contributed by atoms with van der Waals surface area (Å²) in [5, 5.41) is 8.79. The second-order valence-corrected chi connectivity index (χ2v) is 5.89. The molecule has 0 aromatic heterocycles. The van der Waals surface area contributed by atoms with Gasteiger partial charge in [-0.2, -0.15) is 5.26 Å². The molecule has 0 aliphatic carbocycles. The summed E-state index contributed by atoms with van der Waals surface area (Å²) in [6.07, 6.45) is 0. The number of sulfonamides is 1. The first kappa shape index (κ1) is 14.0. The van der Waals surface area contributed by atoms with Gasteiger partial charge in [-0.3, -0.25) is 4.72 Å². The molecule has 2 aromatic carbocycles. The molecule has 0 aliphatic rings. The third-order valence-corrected chi connectivity index (χ3v) is 4.07. The summed E-state index contributed by atoms with van der Waals surface area (Å²) < 4.78 is 39.8. The van der Waals surface area contributed by atoms with E-state index in [0.29, 0.717) is 11.3 Å². The molecule has 2 aromatic rings. The van der Waals surface area contributed by atoms with Crippen molar-refractivity contribution in [3.05, 3.63) is 59.4 Å². The van der Waals surface area contributed by atoms with E-state index >= 15 is 0 Å². The molecule has 2 rings (SSSR count). The first-order valence-electron chi connectivity index (χ1n) is 5.71. The van der Waals surface area contributed by atoms with Gasteiger partial charge in [-0.1, -0.05) is 6.07 Å². The summed E-state index contributed by atoms with van der Waals surface area (Å²) in [5.74, 6) is -0.433. The predicted molar refractivity (Wildman–Crippen MR) is 73.1 cm³/mol. The van der Waals surface area contributed by atoms with Crippen LogP contribution in [0.2, 0.25) is 0 Å². The van der Waals surface area contributed by atoms with E-state index < -0.39 is 15.8 Å². The van der Waals surface area contributed by atoms with Crippen LogP contribution in [0.25, 0.3) is 0 Å². The van der Waals surface area contributed by atoms with Crippen LogP contribution >= 0.6 is 0 Å². The van der Waals surface area contributed by atoms with Crippen molar-refractivity contribution in [3.8, 4) is 6.07 Å². The number of nitriles is 1. The lowest BCUT2D eigenvalue weighted by Crippen LogP contribution is -2.14. The third-order valence-electron chi connectivity index (χ3n) is 2.71. The number of aryl methyl sites for hydroxylation is 1. The van der Waals surface area contributed by atoms with E-state index in [1.165, 1.54) is 42.5 Å². The van der Waals surface area contributed by atoms with E-state index in [0.717, 1.165) is 0 Å². The molecule has 0 amide bonds. The normalized spacial score (nSPS) is 10.8. The quantitative estimate of drug-likeness (QED) is 0.945. The van der Waals surface area contributed by atoms with Crippen molar-refractivity contribution in [1.29, 1.82) is 5.26 Å². The van der Waals surface area contributed by atoms with Crippen LogP contribution in [0.5, 0.6) is 0 Å². The highest BCUT2D eigenvalue weighted by Crippen LogP contribution is 2.20. The van der Waals surface area contributed by atoms with E-state index in [1.54, 1.807) is 6.92 Å². The Morgan fingerprint density at radius 3 is 2.60 bits per heavy atom. The Morgan fingerprint density at radius 2 is 1.95 bits per heavy atom. The molecule has 0 unspecified atom stereocenters. The Kier molecular flexibility index (Phi) is 3.72. The lowest BCUT2D eigenvalue weighted by molar-refractivity contribution is 0.601. The highest BCUT2D eigenvalue weighted by atomic mass is 32.2. The molecule has 0 radical (unpaired) electrons. The number of hydrogen-bond acceptors (Lipinski definition) is 3. The van der Waals surface area contributed by atoms with Crippen molar-refractivity contribution in [2.75, 3.05) is 4.72 Å². The van der Waals surface area contributed by atoms with Crippen LogP contribution in [0.1, 0.15) is 11.1 Å². The van der Waals surface area contributed by atoms with E-state index in [1.807, 2.05) is 6.07 Å². The van der Waals surface area contributed by atoms with E-state index in [-0.39, 0.29) is 10.5 Å². The monoisotopic (exact) mass is 290 g/mol. The summed E-state index contributed by atoms with van der Waals surface area (Å²) in [6, 6.07) is 11.3. The van der Waals surface area contributed by atoms with E-state index in [4.69, 9.17) is 5.26 Å². The molecule has 4 nitrogen and oxygen atoms in total. The lowest BCUT2D eigenvalue weighted by Gasteiger charge is -2.10. The second kappa shape index (κ2) is 5.31. The third kappa shape index (κ3) is 2.95. The van der Waals surface area contributed by atoms with Crippen LogP contribution in [0.3, 0.4) is 0 Å². The SMILES string of the molecule is Cc1cc(F)ccc1NS(=O)(=O)c1cccc(C#N)c1. The Morgan fingerprint density at radius 1 is 1.20 bits per heavy atom. The predicted octanol–water partition coefficient (Wildman–Crippen LogP) is 2.81. The Hall–Kier alpha value is -2.39. The second-order valence-electron chi connectivity index (χ2n) is 4.20. The summed E-state index contributed by atoms with van der Waals surface area (Å²) in [7, 11) is -3.80. The van der Waals surface area contributed by atoms with Crippen molar-refractivity contribution in [2.45, 2.75) is 11.8 Å². The minimum Gasteiger partial charge on any atom is -0.279 e. The maximum Gasteiger partial charge on any atom is 0.261 e. The van der Waals surface area contributed by atoms with Crippen LogP contribution in [0.4, 0.5) is 10.1 Å². The summed E-state index contributed by atoms with van der Waals surface area (Å²) in [5.41, 5.74) is 1.03. The van der Waals surface area contributed by atoms with Gasteiger partial charge in [-0.05, 0) is 48.9 Å². The van der Waals surface area contributed by atoms with Crippen LogP contribution < -0.4 is 4.72 Å². The fraction of sp³-hybridized carbons (Fsp3) is 0.0714. The molecule has 0 aliphatic heterocycles. The molecule has 0 bridgehead atoms. The van der Waals surface area contributed by atoms with Gasteiger partial charge in [0.25, 0.3) is 10.0 Å². The number of nitrogens with one attached hydrogen (secondary N) is 1. The van der Waals surface area contributed by atoms with E-state index in [2.05, 4.69) is 4.72 Å². The largest absolute Gasteiger partial charge is 0.279 e. The standard InChI is InChI=1S/C14H11FN2O2S/c1-10-7-12(15)5-6-14(10)17-20(18,19)13-4-2-3-11(8-13)9-16/h2-8,17H,1H3. The van der Waals surface area contributed by atoms with Crippen LogP contribution in [0, 0.1) is 24.1 Å². The first-order valence-corrected chi connectivity index (χ1v) is 7.20. The molecule has 102 valence electrons. The van der Waals surface area contributed by atoms with Gasteiger partial charge in [0, 0.05) is 0 Å². The fourth-order valence-corrected chi connectivity index (χ4v) is 2.85. The molecule has 0 saturated heterocycles. The van der Waals surface area contributed by atoms with E-state index in [9.17, 15) is 12.8 Å². The Labute approximate surface area is 116 Å². The first-order chi connectivity index (χ1) is 9.42. The van der Waals surface area contributed by atoms with Crippen molar-refractivity contribution in [1.82, 2.24) is 0 Å². The number of hydrogen-bond donors (Lipinski definition) is 1. The van der Waals surface area contributed by atoms with Gasteiger partial charge in [0.1, 0.15) is 5.82 Å². The maximum absolute atomic E-state index is 13.0. The van der Waals surface area contributed by atoms with Crippen LogP contribution in [-0.4, -0.2) is 8.42 Å². The molecular formula is C14H11FN2O2S. The molecule has 0 atom stereocenters. The molecule has 0 spiro atoms. The Balaban J connectivity index is 2.38. The van der Waals surface area contributed by atoms with Gasteiger partial charge in [0.15, 0.2) is 0 Å². The number of rotatable bonds is 3. The number of halogens is 1. The van der Waals surface area contributed by atoms with Gasteiger partial charge in [-0.15, -0.1) is 0 Å². The smallest absolute Gasteiger partial charge is 0.261 e. The zero-order chi connectivity index (χ0) is 14.8. The molecule has 0 fully saturated rings. The number of benzene rings is 2. The number of nitrogens with zero attached hydrogens (tertiary/aromatic N) is 1. The molecule has 6 heteroatoms. The Bertz CT molecular complexity index is 795. The average Bonchev–Trinajstić information content (AvgIpc) is 2.42. The minimum atomic E-state index is -3.80. The number of anilines is 1. The fourth-order valence-electron chi connectivity index (χ4n) is 1.68. The minimum absolute atomic E-state index is 0.0136. The zero-order valence-electron chi connectivity index (χ0n) is 10.6. The van der Waals surface area contributed by atoms with Crippen molar-refractivity contribution >= 4 is 15.7 Å². The molecule has 0 heterocycles. The van der Waals surface area contributed by atoms with Crippen LogP contribution in [0.15, 0.2) is 47.4 Å². The molecule has 1 N–H and O–H groups in total.